The van der Waals surface area contributed by atoms with Gasteiger partial charge in [0, 0.05) is 43.4 Å². The van der Waals surface area contributed by atoms with Crippen LogP contribution in [0.25, 0.3) is 0 Å². The van der Waals surface area contributed by atoms with Gasteiger partial charge in [0.25, 0.3) is 0 Å². The number of hydrogen-bond acceptors (Lipinski definition) is 6. The molecule has 1 aromatic heterocycles. The van der Waals surface area contributed by atoms with E-state index in [1.807, 2.05) is 24.5 Å². The Morgan fingerprint density at radius 1 is 0.974 bits per heavy atom. The van der Waals surface area contributed by atoms with Crippen LogP contribution in [0, 0.1) is 11.3 Å². The molecular formula is C25H28F6N2O6. The zero-order valence-corrected chi connectivity index (χ0v) is 20.6. The maximum Gasteiger partial charge on any atom is 0.490 e. The lowest BCUT2D eigenvalue weighted by Crippen LogP contribution is -2.36. The van der Waals surface area contributed by atoms with E-state index in [9.17, 15) is 26.3 Å². The Bertz CT molecular complexity index is 1010. The number of carboxylic acid groups (broad SMARTS) is 2. The number of alkyl halides is 6. The number of halogens is 6. The number of carboxylic acids is 2. The Kier molecular flexibility index (Phi) is 11.7. The van der Waals surface area contributed by atoms with Crippen molar-refractivity contribution in [1.82, 2.24) is 9.88 Å². The summed E-state index contributed by atoms with van der Waals surface area (Å²) in [7, 11) is 0. The van der Waals surface area contributed by atoms with Gasteiger partial charge < -0.3 is 24.6 Å². The fourth-order valence-corrected chi connectivity index (χ4v) is 4.10. The summed E-state index contributed by atoms with van der Waals surface area (Å²) >= 11 is 0. The molecule has 0 amide bonds. The lowest BCUT2D eigenvalue weighted by atomic mass is 9.82. The topological polar surface area (TPSA) is 109 Å². The van der Waals surface area contributed by atoms with Gasteiger partial charge in [-0.15, -0.1) is 0 Å². The maximum atomic E-state index is 10.6. The van der Waals surface area contributed by atoms with E-state index in [-0.39, 0.29) is 5.41 Å². The molecule has 2 fully saturated rings. The highest BCUT2D eigenvalue weighted by atomic mass is 19.4. The van der Waals surface area contributed by atoms with Crippen LogP contribution in [0.3, 0.4) is 0 Å². The molecule has 2 saturated heterocycles. The molecule has 2 aromatic rings. The molecule has 0 unspecified atom stereocenters. The number of carbonyl (C=O) groups is 2. The fraction of sp³-hybridized carbons (Fsp3) is 0.480. The van der Waals surface area contributed by atoms with Crippen LogP contribution >= 0.6 is 0 Å². The van der Waals surface area contributed by atoms with Gasteiger partial charge in [-0.3, -0.25) is 4.98 Å². The average Bonchev–Trinajstić information content (AvgIpc) is 3.40. The van der Waals surface area contributed by atoms with Gasteiger partial charge in [-0.25, -0.2) is 9.59 Å². The Labute approximate surface area is 220 Å². The Morgan fingerprint density at radius 3 is 2.08 bits per heavy atom. The normalized spacial score (nSPS) is 20.7. The lowest BCUT2D eigenvalue weighted by Gasteiger charge is -2.27. The Balaban J connectivity index is 0.000000317. The van der Waals surface area contributed by atoms with Gasteiger partial charge in [-0.1, -0.05) is 30.3 Å². The number of fused-ring (bicyclic) bond motifs is 1. The zero-order valence-electron chi connectivity index (χ0n) is 20.6. The minimum Gasteiger partial charge on any atom is -0.475 e. The van der Waals surface area contributed by atoms with Crippen molar-refractivity contribution >= 4 is 11.9 Å². The van der Waals surface area contributed by atoms with Crippen molar-refractivity contribution in [3.63, 3.8) is 0 Å². The van der Waals surface area contributed by atoms with Gasteiger partial charge in [-0.2, -0.15) is 26.3 Å². The second-order valence-electron chi connectivity index (χ2n) is 9.00. The molecule has 2 atom stereocenters. The molecule has 0 saturated carbocycles. The molecule has 0 aliphatic carbocycles. The highest BCUT2D eigenvalue weighted by Gasteiger charge is 2.50. The van der Waals surface area contributed by atoms with Crippen molar-refractivity contribution in [2.45, 2.75) is 25.4 Å². The van der Waals surface area contributed by atoms with Crippen molar-refractivity contribution in [2.24, 2.45) is 11.3 Å². The molecule has 1 aromatic carbocycles. The molecule has 0 spiro atoms. The fourth-order valence-electron chi connectivity index (χ4n) is 4.10. The number of benzene rings is 1. The van der Waals surface area contributed by atoms with Crippen molar-refractivity contribution in [1.29, 1.82) is 0 Å². The SMILES string of the molecule is O=C(O)C(F)(F)F.O=C(O)C(F)(F)F.c1ccc(CCN2C[C@@H]3COC[C@]3(COCc3ccncc3)C2)cc1. The summed E-state index contributed by atoms with van der Waals surface area (Å²) < 4.78 is 75.4. The van der Waals surface area contributed by atoms with Crippen LogP contribution in [-0.2, 0) is 32.1 Å². The molecular weight excluding hydrogens is 538 g/mol. The number of likely N-dealkylation sites (tertiary alicyclic amines) is 1. The van der Waals surface area contributed by atoms with E-state index in [4.69, 9.17) is 29.3 Å². The number of aromatic nitrogens is 1. The van der Waals surface area contributed by atoms with Gasteiger partial charge in [-0.05, 0) is 29.7 Å². The number of rotatable bonds is 7. The van der Waals surface area contributed by atoms with E-state index >= 15 is 0 Å². The van der Waals surface area contributed by atoms with E-state index < -0.39 is 24.3 Å². The number of hydrogen-bond donors (Lipinski definition) is 2. The summed E-state index contributed by atoms with van der Waals surface area (Å²) in [5.74, 6) is -4.92. The van der Waals surface area contributed by atoms with Gasteiger partial charge in [0.15, 0.2) is 0 Å². The molecule has 2 aliphatic rings. The first kappa shape index (κ1) is 32.0. The first-order valence-electron chi connectivity index (χ1n) is 11.6. The van der Waals surface area contributed by atoms with Crippen LogP contribution in [-0.4, -0.2) is 83.8 Å². The molecule has 8 nitrogen and oxygen atoms in total. The molecule has 4 rings (SSSR count). The molecule has 39 heavy (non-hydrogen) atoms. The molecule has 2 aliphatic heterocycles. The number of ether oxygens (including phenoxy) is 2. The first-order valence-corrected chi connectivity index (χ1v) is 11.6. The van der Waals surface area contributed by atoms with E-state index in [0.717, 1.165) is 45.9 Å². The summed E-state index contributed by atoms with van der Waals surface area (Å²) in [6.45, 7) is 6.47. The monoisotopic (exact) mass is 566 g/mol. The third kappa shape index (κ3) is 10.8. The van der Waals surface area contributed by atoms with Crippen molar-refractivity contribution < 1.29 is 55.6 Å². The third-order valence-electron chi connectivity index (χ3n) is 6.04. The molecule has 0 bridgehead atoms. The van der Waals surface area contributed by atoms with E-state index in [1.54, 1.807) is 0 Å². The number of nitrogens with zero attached hydrogens (tertiary/aromatic N) is 2. The Hall–Kier alpha value is -3.23. The first-order chi connectivity index (χ1) is 18.2. The van der Waals surface area contributed by atoms with Gasteiger partial charge in [0.1, 0.15) is 0 Å². The van der Waals surface area contributed by atoms with E-state index in [0.29, 0.717) is 12.5 Å². The number of aliphatic carboxylic acids is 2. The summed E-state index contributed by atoms with van der Waals surface area (Å²) in [5.41, 5.74) is 2.77. The van der Waals surface area contributed by atoms with Gasteiger partial charge in [0.05, 0.1) is 26.4 Å². The summed E-state index contributed by atoms with van der Waals surface area (Å²) in [6, 6.07) is 14.8. The van der Waals surface area contributed by atoms with E-state index in [1.165, 1.54) is 11.1 Å². The van der Waals surface area contributed by atoms with Crippen LogP contribution < -0.4 is 0 Å². The zero-order chi connectivity index (χ0) is 29.1. The minimum atomic E-state index is -5.08. The minimum absolute atomic E-state index is 0.170. The molecule has 0 radical (unpaired) electrons. The smallest absolute Gasteiger partial charge is 0.475 e. The maximum absolute atomic E-state index is 10.6. The van der Waals surface area contributed by atoms with Crippen LogP contribution in [0.1, 0.15) is 11.1 Å². The largest absolute Gasteiger partial charge is 0.490 e. The highest BCUT2D eigenvalue weighted by molar-refractivity contribution is 5.73. The van der Waals surface area contributed by atoms with Gasteiger partial charge in [0.2, 0.25) is 0 Å². The van der Waals surface area contributed by atoms with E-state index in [2.05, 4.69) is 40.2 Å². The van der Waals surface area contributed by atoms with Crippen molar-refractivity contribution in [3.05, 3.63) is 66.0 Å². The van der Waals surface area contributed by atoms with Gasteiger partial charge >= 0.3 is 24.3 Å². The predicted octanol–water partition coefficient (Wildman–Crippen LogP) is 4.06. The second kappa shape index (κ2) is 14.2. The summed E-state index contributed by atoms with van der Waals surface area (Å²) in [6.07, 6.45) is -5.42. The third-order valence-corrected chi connectivity index (χ3v) is 6.04. The Morgan fingerprint density at radius 2 is 1.54 bits per heavy atom. The summed E-state index contributed by atoms with van der Waals surface area (Å²) in [5, 5.41) is 14.2. The quantitative estimate of drug-likeness (QED) is 0.484. The van der Waals surface area contributed by atoms with Crippen LogP contribution in [0.4, 0.5) is 26.3 Å². The predicted molar refractivity (Wildman–Crippen MR) is 125 cm³/mol. The molecule has 216 valence electrons. The van der Waals surface area contributed by atoms with Crippen LogP contribution in [0.5, 0.6) is 0 Å². The van der Waals surface area contributed by atoms with Crippen molar-refractivity contribution in [2.75, 3.05) is 39.5 Å². The van der Waals surface area contributed by atoms with Crippen LogP contribution in [0.15, 0.2) is 54.9 Å². The molecule has 2 N–H and O–H groups in total. The summed E-state index contributed by atoms with van der Waals surface area (Å²) in [4.78, 5) is 24.4. The standard InChI is InChI=1S/C21H26N2O2.2C2HF3O2/c1-2-4-18(5-3-1)8-11-23-12-20-14-25-17-21(20,15-23)16-24-13-19-6-9-22-10-7-19;2*3-2(4,5)1(6)7/h1-7,9-10,20H,8,11-17H2;2*(H,6,7)/t20-,21-;;/m1../s1. The van der Waals surface area contributed by atoms with Crippen LogP contribution in [0.2, 0.25) is 0 Å². The second-order valence-corrected chi connectivity index (χ2v) is 9.00. The number of pyridine rings is 1. The van der Waals surface area contributed by atoms with Crippen molar-refractivity contribution in [3.8, 4) is 0 Å². The molecule has 14 heteroatoms. The lowest BCUT2D eigenvalue weighted by molar-refractivity contribution is -0.193. The highest BCUT2D eigenvalue weighted by Crippen LogP contribution is 2.41. The average molecular weight is 566 g/mol. The molecule has 3 heterocycles.